The minimum Gasteiger partial charge on any atom is -0.461 e. The zero-order valence-corrected chi connectivity index (χ0v) is 12.9. The normalized spacial score (nSPS) is 26.1. The molecule has 1 saturated heterocycles. The van der Waals surface area contributed by atoms with E-state index in [9.17, 15) is 4.79 Å². The summed E-state index contributed by atoms with van der Waals surface area (Å²) in [6.45, 7) is 7.96. The predicted octanol–water partition coefficient (Wildman–Crippen LogP) is 3.83. The molecule has 1 aromatic carbocycles. The van der Waals surface area contributed by atoms with Crippen molar-refractivity contribution in [2.75, 3.05) is 12.4 Å². The van der Waals surface area contributed by atoms with Crippen LogP contribution in [-0.2, 0) is 13.6 Å². The van der Waals surface area contributed by atoms with Crippen LogP contribution in [0, 0.1) is 0 Å². The Bertz CT molecular complexity index is 472. The number of esters is 1. The molecule has 2 atom stereocenters. The molecule has 2 unspecified atom stereocenters. The van der Waals surface area contributed by atoms with Gasteiger partial charge in [-0.2, -0.15) is 0 Å². The van der Waals surface area contributed by atoms with E-state index in [0.29, 0.717) is 17.4 Å². The van der Waals surface area contributed by atoms with Gasteiger partial charge < -0.3 is 4.74 Å². The third kappa shape index (κ3) is 3.57. The van der Waals surface area contributed by atoms with Crippen molar-refractivity contribution in [2.24, 2.45) is 0 Å². The van der Waals surface area contributed by atoms with Crippen LogP contribution in [0.4, 0.5) is 0 Å². The number of thioether (sulfide) groups is 2. The fraction of sp³-hybridized carbons (Fsp3) is 0.400. The summed E-state index contributed by atoms with van der Waals surface area (Å²) in [4.78, 5) is 11.4. The van der Waals surface area contributed by atoms with Gasteiger partial charge in [-0.1, -0.05) is 36.9 Å². The molecule has 0 spiro atoms. The van der Waals surface area contributed by atoms with Gasteiger partial charge in [0.15, 0.2) is 0 Å². The molecule has 0 aliphatic carbocycles. The van der Waals surface area contributed by atoms with Crippen LogP contribution in [-0.4, -0.2) is 23.6 Å². The highest BCUT2D eigenvalue weighted by atomic mass is 32.2. The van der Waals surface area contributed by atoms with Crippen LogP contribution in [0.5, 0.6) is 0 Å². The summed E-state index contributed by atoms with van der Waals surface area (Å²) in [5.74, 6) is 0.707. The van der Waals surface area contributed by atoms with Gasteiger partial charge in [-0.05, 0) is 19.4 Å². The number of hydrogen-bond donors (Lipinski definition) is 0. The predicted molar refractivity (Wildman–Crippen MR) is 83.4 cm³/mol. The maximum Gasteiger partial charge on any atom is 0.333 e. The Labute approximate surface area is 123 Å². The molecule has 2 rings (SSSR count). The molecule has 1 aliphatic rings. The van der Waals surface area contributed by atoms with Crippen molar-refractivity contribution in [1.29, 1.82) is 0 Å². The van der Waals surface area contributed by atoms with Crippen LogP contribution in [0.2, 0.25) is 0 Å². The second-order valence-corrected chi connectivity index (χ2v) is 8.16. The van der Waals surface area contributed by atoms with E-state index >= 15 is 0 Å². The molecule has 19 heavy (non-hydrogen) atoms. The Kier molecular flexibility index (Phi) is 4.63. The van der Waals surface area contributed by atoms with Crippen LogP contribution in [0.25, 0.3) is 0 Å². The Balaban J connectivity index is 1.93. The molecule has 0 N–H and O–H groups in total. The Hall–Kier alpha value is -0.870. The zero-order chi connectivity index (χ0) is 13.9. The second kappa shape index (κ2) is 6.06. The summed E-state index contributed by atoms with van der Waals surface area (Å²) >= 11 is 3.79. The maximum atomic E-state index is 11.4. The first-order chi connectivity index (χ1) is 9.01. The van der Waals surface area contributed by atoms with Crippen molar-refractivity contribution in [3.8, 4) is 0 Å². The molecule has 0 bridgehead atoms. The van der Waals surface area contributed by atoms with Crippen molar-refractivity contribution in [2.45, 2.75) is 23.2 Å². The van der Waals surface area contributed by atoms with Gasteiger partial charge in [0, 0.05) is 16.6 Å². The molecule has 1 fully saturated rings. The average molecular weight is 294 g/mol. The van der Waals surface area contributed by atoms with E-state index < -0.39 is 0 Å². The zero-order valence-electron chi connectivity index (χ0n) is 11.2. The van der Waals surface area contributed by atoms with E-state index in [1.807, 2.05) is 29.6 Å². The molecular formula is C15H18O2S2. The second-order valence-electron chi connectivity index (χ2n) is 4.74. The van der Waals surface area contributed by atoms with Crippen LogP contribution >= 0.6 is 23.5 Å². The topological polar surface area (TPSA) is 26.3 Å². The molecule has 2 nitrogen and oxygen atoms in total. The van der Waals surface area contributed by atoms with Gasteiger partial charge in [0.05, 0.1) is 4.08 Å². The quantitative estimate of drug-likeness (QED) is 0.623. The van der Waals surface area contributed by atoms with E-state index in [-0.39, 0.29) is 10.0 Å². The van der Waals surface area contributed by atoms with Gasteiger partial charge in [0.25, 0.3) is 0 Å². The van der Waals surface area contributed by atoms with Gasteiger partial charge in [-0.15, -0.1) is 23.5 Å². The monoisotopic (exact) mass is 294 g/mol. The van der Waals surface area contributed by atoms with Crippen molar-refractivity contribution in [3.05, 3.63) is 48.0 Å². The van der Waals surface area contributed by atoms with Gasteiger partial charge in [-0.3, -0.25) is 0 Å². The molecule has 0 aromatic heterocycles. The third-order valence-electron chi connectivity index (χ3n) is 2.98. The minimum atomic E-state index is -0.293. The highest BCUT2D eigenvalue weighted by Crippen LogP contribution is 2.54. The summed E-state index contributed by atoms with van der Waals surface area (Å²) in [6, 6.07) is 10.5. The first-order valence-corrected chi connectivity index (χ1v) is 8.08. The molecule has 0 saturated carbocycles. The highest BCUT2D eigenvalue weighted by molar-refractivity contribution is 8.20. The standard InChI is InChI=1S/C15H18O2S2/c1-11(2)14(16)17-9-13-10-18-15(3,19-13)12-7-5-4-6-8-12/h4-8,13H,1,9-10H2,2-3H3. The molecule has 4 heteroatoms. The summed E-state index contributed by atoms with van der Waals surface area (Å²) in [6.07, 6.45) is 0. The van der Waals surface area contributed by atoms with E-state index in [1.165, 1.54) is 5.56 Å². The van der Waals surface area contributed by atoms with Crippen molar-refractivity contribution < 1.29 is 9.53 Å². The Morgan fingerprint density at radius 1 is 1.47 bits per heavy atom. The summed E-state index contributed by atoms with van der Waals surface area (Å²) in [5.41, 5.74) is 1.78. The van der Waals surface area contributed by atoms with Crippen molar-refractivity contribution >= 4 is 29.5 Å². The summed E-state index contributed by atoms with van der Waals surface area (Å²) in [7, 11) is 0. The van der Waals surface area contributed by atoms with Crippen LogP contribution in [0.1, 0.15) is 19.4 Å². The van der Waals surface area contributed by atoms with Gasteiger partial charge in [-0.25, -0.2) is 4.79 Å². The largest absolute Gasteiger partial charge is 0.461 e. The number of rotatable bonds is 4. The van der Waals surface area contributed by atoms with Gasteiger partial charge in [0.2, 0.25) is 0 Å². The van der Waals surface area contributed by atoms with Gasteiger partial charge >= 0.3 is 5.97 Å². The van der Waals surface area contributed by atoms with Crippen LogP contribution in [0.15, 0.2) is 42.5 Å². The van der Waals surface area contributed by atoms with Crippen molar-refractivity contribution in [1.82, 2.24) is 0 Å². The fourth-order valence-corrected chi connectivity index (χ4v) is 5.21. The Morgan fingerprint density at radius 3 is 2.79 bits per heavy atom. The molecule has 1 aromatic rings. The first kappa shape index (κ1) is 14.5. The number of ether oxygens (including phenoxy) is 1. The Morgan fingerprint density at radius 2 is 2.16 bits per heavy atom. The van der Waals surface area contributed by atoms with Gasteiger partial charge in [0.1, 0.15) is 6.61 Å². The fourth-order valence-electron chi connectivity index (χ4n) is 1.90. The van der Waals surface area contributed by atoms with E-state index in [1.54, 1.807) is 6.92 Å². The minimum absolute atomic E-state index is 0.0571. The first-order valence-electron chi connectivity index (χ1n) is 6.21. The number of carbonyl (C=O) groups is 1. The average Bonchev–Trinajstić information content (AvgIpc) is 2.80. The lowest BCUT2D eigenvalue weighted by Crippen LogP contribution is -2.17. The number of hydrogen-bond acceptors (Lipinski definition) is 4. The van der Waals surface area contributed by atoms with E-state index in [2.05, 4.69) is 37.8 Å². The van der Waals surface area contributed by atoms with Crippen molar-refractivity contribution in [3.63, 3.8) is 0 Å². The van der Waals surface area contributed by atoms with E-state index in [4.69, 9.17) is 4.74 Å². The summed E-state index contributed by atoms with van der Waals surface area (Å²) < 4.78 is 5.30. The maximum absolute atomic E-state index is 11.4. The molecular weight excluding hydrogens is 276 g/mol. The lowest BCUT2D eigenvalue weighted by molar-refractivity contribution is -0.138. The lowest BCUT2D eigenvalue weighted by atomic mass is 10.2. The lowest BCUT2D eigenvalue weighted by Gasteiger charge is -2.23. The number of benzene rings is 1. The van der Waals surface area contributed by atoms with Crippen LogP contribution < -0.4 is 0 Å². The molecule has 0 amide bonds. The number of carbonyl (C=O) groups excluding carboxylic acids is 1. The van der Waals surface area contributed by atoms with E-state index in [0.717, 1.165) is 5.75 Å². The third-order valence-corrected chi connectivity index (χ3v) is 6.51. The molecule has 102 valence electrons. The SMILES string of the molecule is C=C(C)C(=O)OCC1CSC(C)(c2ccccc2)S1. The van der Waals surface area contributed by atoms with Crippen LogP contribution in [0.3, 0.4) is 0 Å². The molecule has 1 aliphatic heterocycles. The molecule has 1 heterocycles. The molecule has 0 radical (unpaired) electrons. The smallest absolute Gasteiger partial charge is 0.333 e. The highest BCUT2D eigenvalue weighted by Gasteiger charge is 2.38. The summed E-state index contributed by atoms with van der Waals surface area (Å²) in [5, 5.41) is 0.346.